The number of rotatable bonds is 4. The largest absolute Gasteiger partial charge is 0.248 e. The van der Waals surface area contributed by atoms with E-state index < -0.39 is 0 Å². The van der Waals surface area contributed by atoms with Gasteiger partial charge in [0.1, 0.15) is 0 Å². The fourth-order valence-corrected chi connectivity index (χ4v) is 2.12. The fraction of sp³-hybridized carbons (Fsp3) is 0.467. The molecule has 0 atom stereocenters. The van der Waals surface area contributed by atoms with Crippen LogP contribution in [0, 0.1) is 0 Å². The van der Waals surface area contributed by atoms with E-state index in [-0.39, 0.29) is 5.41 Å². The lowest BCUT2D eigenvalue weighted by Gasteiger charge is -2.19. The van der Waals surface area contributed by atoms with Crippen LogP contribution in [0.4, 0.5) is 0 Å². The maximum absolute atomic E-state index is 5.69. The Balaban J connectivity index is 2.06. The lowest BCUT2D eigenvalue weighted by atomic mass is 9.87. The third-order valence-corrected chi connectivity index (χ3v) is 3.29. The van der Waals surface area contributed by atoms with Crippen molar-refractivity contribution in [1.29, 1.82) is 0 Å². The highest BCUT2D eigenvalue weighted by atomic mass is 35.5. The molecule has 102 valence electrons. The molecule has 0 saturated heterocycles. The van der Waals surface area contributed by atoms with Crippen molar-refractivity contribution in [3.05, 3.63) is 47.3 Å². The first-order chi connectivity index (χ1) is 8.99. The first-order valence-corrected chi connectivity index (χ1v) is 7.07. The average molecular weight is 278 g/mol. The molecular weight excluding hydrogens is 258 g/mol. The molecule has 0 spiro atoms. The molecule has 0 amide bonds. The van der Waals surface area contributed by atoms with E-state index >= 15 is 0 Å². The van der Waals surface area contributed by atoms with Crippen LogP contribution in [0.2, 0.25) is 0 Å². The summed E-state index contributed by atoms with van der Waals surface area (Å²) in [7, 11) is 0. The second kappa shape index (κ2) is 5.74. The highest BCUT2D eigenvalue weighted by Gasteiger charge is 2.12. The third kappa shape index (κ3) is 3.80. The van der Waals surface area contributed by atoms with Gasteiger partial charge in [-0.15, -0.1) is 16.7 Å². The first kappa shape index (κ1) is 14.1. The maximum atomic E-state index is 5.69. The van der Waals surface area contributed by atoms with Crippen molar-refractivity contribution in [2.45, 2.75) is 39.2 Å². The maximum Gasteiger partial charge on any atom is 0.0839 e. The number of hydrogen-bond donors (Lipinski definition) is 0. The lowest BCUT2D eigenvalue weighted by molar-refractivity contribution is 0.589. The van der Waals surface area contributed by atoms with Gasteiger partial charge in [0.15, 0.2) is 0 Å². The summed E-state index contributed by atoms with van der Waals surface area (Å²) in [5.41, 5.74) is 3.72. The predicted molar refractivity (Wildman–Crippen MR) is 78.7 cm³/mol. The molecule has 0 N–H and O–H groups in total. The molecule has 0 saturated carbocycles. The summed E-state index contributed by atoms with van der Waals surface area (Å²) in [5.74, 6) is 0.582. The highest BCUT2D eigenvalue weighted by Crippen LogP contribution is 2.22. The Bertz CT molecular complexity index is 523. The van der Waals surface area contributed by atoms with E-state index in [0.717, 1.165) is 18.7 Å². The zero-order valence-corrected chi connectivity index (χ0v) is 12.5. The summed E-state index contributed by atoms with van der Waals surface area (Å²) in [5, 5.41) is 8.20. The van der Waals surface area contributed by atoms with E-state index in [1.165, 1.54) is 11.1 Å². The van der Waals surface area contributed by atoms with Crippen molar-refractivity contribution >= 4 is 11.6 Å². The van der Waals surface area contributed by atoms with Crippen LogP contribution in [0.5, 0.6) is 0 Å². The normalized spacial score (nSPS) is 11.8. The van der Waals surface area contributed by atoms with Crippen LogP contribution in [-0.4, -0.2) is 20.9 Å². The molecule has 0 aliphatic rings. The molecule has 0 radical (unpaired) electrons. The van der Waals surface area contributed by atoms with Gasteiger partial charge in [0.05, 0.1) is 12.2 Å². The van der Waals surface area contributed by atoms with Gasteiger partial charge in [-0.1, -0.05) is 50.3 Å². The van der Waals surface area contributed by atoms with Crippen LogP contribution in [0.15, 0.2) is 30.5 Å². The van der Waals surface area contributed by atoms with Gasteiger partial charge in [-0.2, -0.15) is 0 Å². The monoisotopic (exact) mass is 277 g/mol. The van der Waals surface area contributed by atoms with Gasteiger partial charge in [0.25, 0.3) is 0 Å². The van der Waals surface area contributed by atoms with Crippen LogP contribution in [-0.2, 0) is 18.4 Å². The summed E-state index contributed by atoms with van der Waals surface area (Å²) in [4.78, 5) is 0. The molecule has 0 unspecified atom stereocenters. The van der Waals surface area contributed by atoms with Gasteiger partial charge in [-0.25, -0.2) is 4.68 Å². The number of benzene rings is 1. The van der Waals surface area contributed by atoms with Crippen LogP contribution < -0.4 is 0 Å². The third-order valence-electron chi connectivity index (χ3n) is 3.10. The van der Waals surface area contributed by atoms with Gasteiger partial charge >= 0.3 is 0 Å². The minimum atomic E-state index is 0.194. The molecule has 2 aromatic rings. The van der Waals surface area contributed by atoms with Crippen LogP contribution in [0.3, 0.4) is 0 Å². The predicted octanol–water partition coefficient (Wildman–Crippen LogP) is 3.41. The Morgan fingerprint density at radius 3 is 2.42 bits per heavy atom. The summed E-state index contributed by atoms with van der Waals surface area (Å²) in [6.07, 6.45) is 2.73. The molecule has 0 aliphatic carbocycles. The van der Waals surface area contributed by atoms with Crippen LogP contribution in [0.25, 0.3) is 0 Å². The van der Waals surface area contributed by atoms with E-state index in [9.17, 15) is 0 Å². The smallest absolute Gasteiger partial charge is 0.0839 e. The van der Waals surface area contributed by atoms with Crippen molar-refractivity contribution in [2.24, 2.45) is 0 Å². The molecule has 1 aromatic carbocycles. The lowest BCUT2D eigenvalue weighted by Crippen LogP contribution is -2.11. The summed E-state index contributed by atoms with van der Waals surface area (Å²) in [6, 6.07) is 8.69. The molecule has 19 heavy (non-hydrogen) atoms. The number of aromatic nitrogens is 3. The SMILES string of the molecule is CC(C)(C)c1ccc(Cn2cc(CCCl)nn2)cc1. The fourth-order valence-electron chi connectivity index (χ4n) is 1.92. The molecule has 4 heteroatoms. The van der Waals surface area contributed by atoms with Gasteiger partial charge < -0.3 is 0 Å². The number of nitrogens with zero attached hydrogens (tertiary/aromatic N) is 3. The van der Waals surface area contributed by atoms with Crippen LogP contribution in [0.1, 0.15) is 37.6 Å². The second-order valence-corrected chi connectivity index (χ2v) is 6.17. The Labute approximate surface area is 119 Å². The van der Waals surface area contributed by atoms with Crippen molar-refractivity contribution in [1.82, 2.24) is 15.0 Å². The van der Waals surface area contributed by atoms with Gasteiger partial charge in [0, 0.05) is 18.5 Å². The van der Waals surface area contributed by atoms with E-state index in [1.54, 1.807) is 0 Å². The number of aryl methyl sites for hydroxylation is 1. The molecule has 3 nitrogen and oxygen atoms in total. The molecule has 0 bridgehead atoms. The Morgan fingerprint density at radius 1 is 1.16 bits per heavy atom. The molecule has 1 heterocycles. The Kier molecular flexibility index (Phi) is 4.25. The Morgan fingerprint density at radius 2 is 1.84 bits per heavy atom. The van der Waals surface area contributed by atoms with Crippen molar-refractivity contribution in [2.75, 3.05) is 5.88 Å². The zero-order valence-electron chi connectivity index (χ0n) is 11.7. The minimum Gasteiger partial charge on any atom is -0.248 e. The summed E-state index contributed by atoms with van der Waals surface area (Å²) in [6.45, 7) is 7.41. The molecule has 2 rings (SSSR count). The van der Waals surface area contributed by atoms with E-state index in [0.29, 0.717) is 5.88 Å². The summed E-state index contributed by atoms with van der Waals surface area (Å²) >= 11 is 5.69. The first-order valence-electron chi connectivity index (χ1n) is 6.53. The number of hydrogen-bond acceptors (Lipinski definition) is 2. The van der Waals surface area contributed by atoms with Crippen molar-refractivity contribution in [3.8, 4) is 0 Å². The Hall–Kier alpha value is -1.35. The second-order valence-electron chi connectivity index (χ2n) is 5.79. The van der Waals surface area contributed by atoms with Crippen molar-refractivity contribution in [3.63, 3.8) is 0 Å². The van der Waals surface area contributed by atoms with Crippen LogP contribution >= 0.6 is 11.6 Å². The number of alkyl halides is 1. The van der Waals surface area contributed by atoms with Gasteiger partial charge in [-0.05, 0) is 16.5 Å². The van der Waals surface area contributed by atoms with Gasteiger partial charge in [-0.3, -0.25) is 0 Å². The van der Waals surface area contributed by atoms with E-state index in [4.69, 9.17) is 11.6 Å². The quantitative estimate of drug-likeness (QED) is 0.802. The molecular formula is C15H20ClN3. The summed E-state index contributed by atoms with van der Waals surface area (Å²) < 4.78 is 1.86. The zero-order chi connectivity index (χ0) is 13.9. The average Bonchev–Trinajstić information content (AvgIpc) is 2.77. The van der Waals surface area contributed by atoms with Crippen molar-refractivity contribution < 1.29 is 0 Å². The molecule has 1 aromatic heterocycles. The number of halogens is 1. The molecule has 0 fully saturated rings. The highest BCUT2D eigenvalue weighted by molar-refractivity contribution is 6.17. The van der Waals surface area contributed by atoms with E-state index in [1.807, 2.05) is 10.9 Å². The molecule has 0 aliphatic heterocycles. The topological polar surface area (TPSA) is 30.7 Å². The minimum absolute atomic E-state index is 0.194. The standard InChI is InChI=1S/C15H20ClN3/c1-15(2,3)13-6-4-12(5-7-13)10-19-11-14(8-9-16)17-18-19/h4-7,11H,8-10H2,1-3H3. The van der Waals surface area contributed by atoms with E-state index in [2.05, 4.69) is 55.3 Å². The van der Waals surface area contributed by atoms with Gasteiger partial charge in [0.2, 0.25) is 0 Å².